The summed E-state index contributed by atoms with van der Waals surface area (Å²) in [6.45, 7) is 1.88. The Morgan fingerprint density at radius 2 is 1.12 bits per heavy atom. The van der Waals surface area contributed by atoms with E-state index < -0.39 is 5.92 Å². The number of ketones is 2. The quantitative estimate of drug-likeness (QED) is 0.408. The Balaban J connectivity index is 2.06. The Labute approximate surface area is 158 Å². The smallest absolute Gasteiger partial charge is 0.174 e. The summed E-state index contributed by atoms with van der Waals surface area (Å²) in [5.74, 6) is -1.55. The molecule has 3 heteroatoms. The van der Waals surface area contributed by atoms with Gasteiger partial charge in [-0.05, 0) is 17.5 Å². The third-order valence-corrected chi connectivity index (χ3v) is 4.92. The molecule has 1 unspecified atom stereocenters. The zero-order chi connectivity index (χ0) is 18.5. The van der Waals surface area contributed by atoms with Crippen LogP contribution in [0, 0.1) is 5.92 Å². The molecule has 0 aliphatic heterocycles. The Morgan fingerprint density at radius 1 is 0.692 bits per heavy atom. The van der Waals surface area contributed by atoms with Gasteiger partial charge in [-0.25, -0.2) is 0 Å². The van der Waals surface area contributed by atoms with E-state index in [9.17, 15) is 9.59 Å². The first-order valence-electron chi connectivity index (χ1n) is 8.52. The van der Waals surface area contributed by atoms with Crippen LogP contribution in [0.1, 0.15) is 39.1 Å². The van der Waals surface area contributed by atoms with Crippen molar-refractivity contribution in [2.45, 2.75) is 12.8 Å². The lowest BCUT2D eigenvalue weighted by Gasteiger charge is -2.23. The van der Waals surface area contributed by atoms with Crippen LogP contribution in [0.2, 0.25) is 5.02 Å². The summed E-state index contributed by atoms with van der Waals surface area (Å²) in [6.07, 6.45) is 0. The molecule has 0 spiro atoms. The van der Waals surface area contributed by atoms with Crippen molar-refractivity contribution in [3.8, 4) is 0 Å². The molecule has 0 N–H and O–H groups in total. The molecule has 0 saturated carbocycles. The van der Waals surface area contributed by atoms with Gasteiger partial charge in [0.1, 0.15) is 0 Å². The molecule has 0 fully saturated rings. The first-order chi connectivity index (χ1) is 12.6. The molecule has 0 aliphatic rings. The standard InChI is InChI=1S/C23H19ClO2/c1-16(19-14-8-9-15-20(19)24)21(22(25)17-10-4-2-5-11-17)23(26)18-12-6-3-7-13-18/h2-16,21H,1H3. The molecule has 3 aromatic rings. The van der Waals surface area contributed by atoms with Gasteiger partial charge in [-0.2, -0.15) is 0 Å². The maximum Gasteiger partial charge on any atom is 0.174 e. The molecule has 3 rings (SSSR count). The SMILES string of the molecule is CC(c1ccccc1Cl)C(C(=O)c1ccccc1)C(=O)c1ccccc1. The fourth-order valence-corrected chi connectivity index (χ4v) is 3.47. The third kappa shape index (κ3) is 3.76. The molecule has 0 aromatic heterocycles. The largest absolute Gasteiger partial charge is 0.293 e. The van der Waals surface area contributed by atoms with Gasteiger partial charge in [0.05, 0.1) is 5.92 Å². The highest BCUT2D eigenvalue weighted by molar-refractivity contribution is 6.31. The van der Waals surface area contributed by atoms with E-state index in [1.165, 1.54) is 0 Å². The number of carbonyl (C=O) groups is 2. The van der Waals surface area contributed by atoms with Crippen LogP contribution in [0.15, 0.2) is 84.9 Å². The fraction of sp³-hybridized carbons (Fsp3) is 0.130. The topological polar surface area (TPSA) is 34.1 Å². The average Bonchev–Trinajstić information content (AvgIpc) is 2.69. The van der Waals surface area contributed by atoms with Gasteiger partial charge in [0.15, 0.2) is 11.6 Å². The predicted octanol–water partition coefficient (Wildman–Crippen LogP) is 5.83. The first kappa shape index (κ1) is 18.1. The Morgan fingerprint density at radius 3 is 1.58 bits per heavy atom. The Hall–Kier alpha value is -2.71. The van der Waals surface area contributed by atoms with Crippen LogP contribution >= 0.6 is 11.6 Å². The molecule has 0 heterocycles. The van der Waals surface area contributed by atoms with Crippen molar-refractivity contribution in [3.05, 3.63) is 107 Å². The van der Waals surface area contributed by atoms with Gasteiger partial charge < -0.3 is 0 Å². The van der Waals surface area contributed by atoms with Crippen molar-refractivity contribution >= 4 is 23.2 Å². The van der Waals surface area contributed by atoms with Gasteiger partial charge >= 0.3 is 0 Å². The van der Waals surface area contributed by atoms with Crippen molar-refractivity contribution < 1.29 is 9.59 Å². The summed E-state index contributed by atoms with van der Waals surface area (Å²) in [5, 5.41) is 0.562. The molecule has 26 heavy (non-hydrogen) atoms. The summed E-state index contributed by atoms with van der Waals surface area (Å²) in [6, 6.07) is 25.2. The highest BCUT2D eigenvalue weighted by atomic mass is 35.5. The van der Waals surface area contributed by atoms with Gasteiger partial charge in [-0.15, -0.1) is 0 Å². The fourth-order valence-electron chi connectivity index (χ4n) is 3.16. The van der Waals surface area contributed by atoms with Gasteiger partial charge in [0.25, 0.3) is 0 Å². The van der Waals surface area contributed by atoms with E-state index in [2.05, 4.69) is 0 Å². The molecule has 0 bridgehead atoms. The predicted molar refractivity (Wildman–Crippen MR) is 105 cm³/mol. The molecule has 0 radical (unpaired) electrons. The van der Waals surface area contributed by atoms with E-state index in [1.54, 1.807) is 54.6 Å². The summed E-state index contributed by atoms with van der Waals surface area (Å²) >= 11 is 6.34. The molecule has 0 saturated heterocycles. The molecule has 3 aromatic carbocycles. The van der Waals surface area contributed by atoms with Crippen LogP contribution in [0.4, 0.5) is 0 Å². The number of hydrogen-bond acceptors (Lipinski definition) is 2. The number of carbonyl (C=O) groups excluding carboxylic acids is 2. The maximum absolute atomic E-state index is 13.2. The van der Waals surface area contributed by atoms with Gasteiger partial charge in [0.2, 0.25) is 0 Å². The van der Waals surface area contributed by atoms with Gasteiger partial charge in [-0.3, -0.25) is 9.59 Å². The van der Waals surface area contributed by atoms with E-state index in [0.29, 0.717) is 16.1 Å². The van der Waals surface area contributed by atoms with Crippen LogP contribution < -0.4 is 0 Å². The van der Waals surface area contributed by atoms with E-state index in [-0.39, 0.29) is 17.5 Å². The van der Waals surface area contributed by atoms with Crippen molar-refractivity contribution in [3.63, 3.8) is 0 Å². The van der Waals surface area contributed by atoms with Crippen LogP contribution in [-0.4, -0.2) is 11.6 Å². The number of Topliss-reactive ketones (excluding diaryl/α,β-unsaturated/α-hetero) is 2. The van der Waals surface area contributed by atoms with Crippen LogP contribution in [0.3, 0.4) is 0 Å². The lowest BCUT2D eigenvalue weighted by atomic mass is 9.78. The van der Waals surface area contributed by atoms with Crippen molar-refractivity contribution in [2.75, 3.05) is 0 Å². The van der Waals surface area contributed by atoms with Crippen molar-refractivity contribution in [1.82, 2.24) is 0 Å². The highest BCUT2D eigenvalue weighted by Crippen LogP contribution is 2.34. The number of benzene rings is 3. The van der Waals surface area contributed by atoms with E-state index >= 15 is 0 Å². The summed E-state index contributed by atoms with van der Waals surface area (Å²) in [7, 11) is 0. The second kappa shape index (κ2) is 8.11. The molecule has 0 aliphatic carbocycles. The zero-order valence-corrected chi connectivity index (χ0v) is 15.2. The normalized spacial score (nSPS) is 12.0. The lowest BCUT2D eigenvalue weighted by Crippen LogP contribution is -2.29. The van der Waals surface area contributed by atoms with E-state index in [1.807, 2.05) is 37.3 Å². The Bertz CT molecular complexity index is 852. The lowest BCUT2D eigenvalue weighted by molar-refractivity contribution is 0.0788. The summed E-state index contributed by atoms with van der Waals surface area (Å²) < 4.78 is 0. The van der Waals surface area contributed by atoms with Crippen LogP contribution in [0.25, 0.3) is 0 Å². The highest BCUT2D eigenvalue weighted by Gasteiger charge is 2.34. The summed E-state index contributed by atoms with van der Waals surface area (Å²) in [4.78, 5) is 26.4. The minimum atomic E-state index is -0.834. The monoisotopic (exact) mass is 362 g/mol. The third-order valence-electron chi connectivity index (χ3n) is 4.58. The van der Waals surface area contributed by atoms with E-state index in [0.717, 1.165) is 5.56 Å². The van der Waals surface area contributed by atoms with E-state index in [4.69, 9.17) is 11.6 Å². The summed E-state index contributed by atoms with van der Waals surface area (Å²) in [5.41, 5.74) is 1.86. The second-order valence-electron chi connectivity index (χ2n) is 6.25. The van der Waals surface area contributed by atoms with Crippen molar-refractivity contribution in [2.24, 2.45) is 5.92 Å². The molecule has 130 valence electrons. The minimum absolute atomic E-state index is 0.188. The van der Waals surface area contributed by atoms with Gasteiger partial charge in [-0.1, -0.05) is 97.4 Å². The Kier molecular flexibility index (Phi) is 5.65. The molecule has 0 amide bonds. The van der Waals surface area contributed by atoms with Crippen molar-refractivity contribution in [1.29, 1.82) is 0 Å². The zero-order valence-electron chi connectivity index (χ0n) is 14.4. The van der Waals surface area contributed by atoms with Crippen LogP contribution in [-0.2, 0) is 0 Å². The molecular weight excluding hydrogens is 344 g/mol. The number of rotatable bonds is 6. The molecule has 2 nitrogen and oxygen atoms in total. The first-order valence-corrected chi connectivity index (χ1v) is 8.90. The number of halogens is 1. The second-order valence-corrected chi connectivity index (χ2v) is 6.66. The average molecular weight is 363 g/mol. The van der Waals surface area contributed by atoms with Crippen LogP contribution in [0.5, 0.6) is 0 Å². The van der Waals surface area contributed by atoms with Gasteiger partial charge in [0, 0.05) is 16.1 Å². The minimum Gasteiger partial charge on any atom is -0.293 e. The maximum atomic E-state index is 13.2. The molecular formula is C23H19ClO2. The molecule has 1 atom stereocenters. The number of hydrogen-bond donors (Lipinski definition) is 0.